The molecule has 0 bridgehead atoms. The minimum atomic E-state index is -1.43. The molecule has 2 fully saturated rings. The van der Waals surface area contributed by atoms with Crippen molar-refractivity contribution < 1.29 is 39.4 Å². The number of methoxy groups -OCH3 is 1. The lowest BCUT2D eigenvalue weighted by molar-refractivity contribution is -0.231. The Bertz CT molecular complexity index is 921. The standard InChI is InChI=1S/C24H29ClO8/c1-30-19-11-31-12-20(19)32-16-5-2-13(3-6-16)8-15-9-14(4-7-17(15)25)24-23(29)22(28)21(27)18(10-26)33-24/h2-7,9,18-24,26-29H,8,10-12H2,1H3/t18-,19?,20?,21-,22+,23-,24+/m1/s1. The second kappa shape index (κ2) is 10.7. The average molecular weight is 481 g/mol. The molecule has 2 aromatic carbocycles. The molecule has 0 spiro atoms. The van der Waals surface area contributed by atoms with E-state index in [1.165, 1.54) is 0 Å². The summed E-state index contributed by atoms with van der Waals surface area (Å²) < 4.78 is 22.4. The van der Waals surface area contributed by atoms with Crippen LogP contribution in [-0.2, 0) is 20.6 Å². The maximum absolute atomic E-state index is 10.4. The molecule has 0 aliphatic carbocycles. The number of rotatable bonds is 7. The second-order valence-corrected chi connectivity index (χ2v) is 8.80. The topological polar surface area (TPSA) is 118 Å². The van der Waals surface area contributed by atoms with Gasteiger partial charge < -0.3 is 39.4 Å². The summed E-state index contributed by atoms with van der Waals surface area (Å²) in [6.45, 7) is 0.525. The lowest BCUT2D eigenvalue weighted by atomic mass is 9.90. The first-order valence-corrected chi connectivity index (χ1v) is 11.2. The molecule has 2 saturated heterocycles. The highest BCUT2D eigenvalue weighted by atomic mass is 35.5. The van der Waals surface area contributed by atoms with Gasteiger partial charge in [0.1, 0.15) is 42.4 Å². The minimum absolute atomic E-state index is 0.0892. The van der Waals surface area contributed by atoms with Crippen LogP contribution in [0, 0.1) is 0 Å². The minimum Gasteiger partial charge on any atom is -0.485 e. The molecule has 2 unspecified atom stereocenters. The average Bonchev–Trinajstić information content (AvgIpc) is 3.27. The zero-order valence-electron chi connectivity index (χ0n) is 18.2. The Morgan fingerprint density at radius 3 is 2.39 bits per heavy atom. The monoisotopic (exact) mass is 480 g/mol. The molecule has 7 atom stereocenters. The van der Waals surface area contributed by atoms with E-state index in [0.29, 0.717) is 30.2 Å². The molecule has 4 N–H and O–H groups in total. The van der Waals surface area contributed by atoms with E-state index >= 15 is 0 Å². The maximum atomic E-state index is 10.4. The van der Waals surface area contributed by atoms with Crippen LogP contribution < -0.4 is 4.74 Å². The normalized spacial score (nSPS) is 32.1. The van der Waals surface area contributed by atoms with E-state index in [2.05, 4.69) is 0 Å². The van der Waals surface area contributed by atoms with E-state index in [1.807, 2.05) is 24.3 Å². The summed E-state index contributed by atoms with van der Waals surface area (Å²) in [5.41, 5.74) is 2.41. The zero-order chi connectivity index (χ0) is 23.5. The number of aliphatic hydroxyl groups is 4. The molecule has 2 aliphatic heterocycles. The van der Waals surface area contributed by atoms with Crippen molar-refractivity contribution in [3.05, 3.63) is 64.2 Å². The lowest BCUT2D eigenvalue weighted by Crippen LogP contribution is -2.55. The fourth-order valence-corrected chi connectivity index (χ4v) is 4.39. The van der Waals surface area contributed by atoms with Crippen LogP contribution in [0.4, 0.5) is 0 Å². The van der Waals surface area contributed by atoms with Crippen molar-refractivity contribution >= 4 is 11.6 Å². The maximum Gasteiger partial charge on any atom is 0.150 e. The Kier molecular flexibility index (Phi) is 7.88. The van der Waals surface area contributed by atoms with E-state index in [4.69, 9.17) is 30.5 Å². The smallest absolute Gasteiger partial charge is 0.150 e. The first kappa shape index (κ1) is 24.4. The Hall–Kier alpha value is -1.75. The summed E-state index contributed by atoms with van der Waals surface area (Å²) in [5, 5.41) is 40.5. The highest BCUT2D eigenvalue weighted by Crippen LogP contribution is 2.34. The lowest BCUT2D eigenvalue weighted by Gasteiger charge is -2.40. The van der Waals surface area contributed by atoms with Gasteiger partial charge in [-0.15, -0.1) is 0 Å². The van der Waals surface area contributed by atoms with Crippen molar-refractivity contribution in [3.8, 4) is 5.75 Å². The number of hydrogen-bond donors (Lipinski definition) is 4. The van der Waals surface area contributed by atoms with Crippen molar-refractivity contribution in [1.29, 1.82) is 0 Å². The van der Waals surface area contributed by atoms with Crippen LogP contribution in [-0.4, -0.2) is 84.0 Å². The fourth-order valence-electron chi connectivity index (χ4n) is 4.21. The number of benzene rings is 2. The largest absolute Gasteiger partial charge is 0.485 e. The first-order valence-electron chi connectivity index (χ1n) is 10.9. The molecule has 0 amide bonds. The third-order valence-electron chi connectivity index (χ3n) is 6.18. The number of ether oxygens (including phenoxy) is 4. The predicted molar refractivity (Wildman–Crippen MR) is 119 cm³/mol. The highest BCUT2D eigenvalue weighted by Gasteiger charge is 2.44. The van der Waals surface area contributed by atoms with Gasteiger partial charge in [-0.05, 0) is 41.3 Å². The number of halogens is 1. The van der Waals surface area contributed by atoms with Crippen LogP contribution in [0.1, 0.15) is 22.8 Å². The fraction of sp³-hybridized carbons (Fsp3) is 0.500. The molecule has 33 heavy (non-hydrogen) atoms. The molecule has 4 rings (SSSR count). The Labute approximate surface area is 197 Å². The van der Waals surface area contributed by atoms with Gasteiger partial charge in [0.15, 0.2) is 6.10 Å². The van der Waals surface area contributed by atoms with Crippen molar-refractivity contribution in [2.45, 2.75) is 49.1 Å². The highest BCUT2D eigenvalue weighted by molar-refractivity contribution is 6.31. The molecule has 2 heterocycles. The van der Waals surface area contributed by atoms with Crippen LogP contribution in [0.3, 0.4) is 0 Å². The third kappa shape index (κ3) is 5.34. The summed E-state index contributed by atoms with van der Waals surface area (Å²) in [6.07, 6.45) is -5.77. The SMILES string of the molecule is COC1COCC1Oc1ccc(Cc2cc([C@@H]3O[C@H](CO)[C@@H](O)[C@H](O)[C@H]3O)ccc2Cl)cc1. The quantitative estimate of drug-likeness (QED) is 0.467. The van der Waals surface area contributed by atoms with Crippen molar-refractivity contribution in [3.63, 3.8) is 0 Å². The molecule has 9 heteroatoms. The molecule has 0 saturated carbocycles. The summed E-state index contributed by atoms with van der Waals surface area (Å²) in [7, 11) is 1.64. The van der Waals surface area contributed by atoms with Crippen LogP contribution >= 0.6 is 11.6 Å². The summed E-state index contributed by atoms with van der Waals surface area (Å²) in [5.74, 6) is 0.720. The van der Waals surface area contributed by atoms with Gasteiger partial charge >= 0.3 is 0 Å². The summed E-state index contributed by atoms with van der Waals surface area (Å²) in [4.78, 5) is 0. The Morgan fingerprint density at radius 1 is 0.970 bits per heavy atom. The second-order valence-electron chi connectivity index (χ2n) is 8.39. The van der Waals surface area contributed by atoms with Gasteiger partial charge in [0.2, 0.25) is 0 Å². The molecule has 0 aromatic heterocycles. The van der Waals surface area contributed by atoms with Gasteiger partial charge in [0.05, 0.1) is 19.8 Å². The van der Waals surface area contributed by atoms with Crippen LogP contribution in [0.25, 0.3) is 0 Å². The van der Waals surface area contributed by atoms with E-state index in [1.54, 1.807) is 25.3 Å². The van der Waals surface area contributed by atoms with Crippen molar-refractivity contribution in [2.75, 3.05) is 26.9 Å². The Morgan fingerprint density at radius 2 is 1.70 bits per heavy atom. The van der Waals surface area contributed by atoms with E-state index in [-0.39, 0.29) is 12.2 Å². The molecule has 2 aromatic rings. The molecule has 2 aliphatic rings. The van der Waals surface area contributed by atoms with Crippen molar-refractivity contribution in [1.82, 2.24) is 0 Å². The van der Waals surface area contributed by atoms with Crippen molar-refractivity contribution in [2.24, 2.45) is 0 Å². The molecule has 8 nitrogen and oxygen atoms in total. The third-order valence-corrected chi connectivity index (χ3v) is 6.55. The first-order chi connectivity index (χ1) is 15.9. The van der Waals surface area contributed by atoms with Gasteiger partial charge in [-0.25, -0.2) is 0 Å². The van der Waals surface area contributed by atoms with E-state index in [9.17, 15) is 20.4 Å². The Balaban J connectivity index is 1.47. The molecular weight excluding hydrogens is 452 g/mol. The molecule has 180 valence electrons. The summed E-state index contributed by atoms with van der Waals surface area (Å²) >= 11 is 6.42. The van der Waals surface area contributed by atoms with Gasteiger partial charge in [-0.2, -0.15) is 0 Å². The number of aliphatic hydroxyl groups excluding tert-OH is 4. The predicted octanol–water partition coefficient (Wildman–Crippen LogP) is 1.24. The van der Waals surface area contributed by atoms with Crippen LogP contribution in [0.15, 0.2) is 42.5 Å². The van der Waals surface area contributed by atoms with Gasteiger partial charge in [-0.3, -0.25) is 0 Å². The van der Waals surface area contributed by atoms with E-state index < -0.39 is 37.1 Å². The molecule has 0 radical (unpaired) electrons. The zero-order valence-corrected chi connectivity index (χ0v) is 19.0. The van der Waals surface area contributed by atoms with E-state index in [0.717, 1.165) is 16.9 Å². The van der Waals surface area contributed by atoms with Gasteiger partial charge in [0, 0.05) is 12.1 Å². The van der Waals surface area contributed by atoms with Crippen LogP contribution in [0.2, 0.25) is 5.02 Å². The van der Waals surface area contributed by atoms with Gasteiger partial charge in [0.25, 0.3) is 0 Å². The van der Waals surface area contributed by atoms with Crippen LogP contribution in [0.5, 0.6) is 5.75 Å². The number of hydrogen-bond acceptors (Lipinski definition) is 8. The molecular formula is C24H29ClO8. The van der Waals surface area contributed by atoms with Gasteiger partial charge in [-0.1, -0.05) is 35.9 Å². The summed E-state index contributed by atoms with van der Waals surface area (Å²) in [6, 6.07) is 12.9.